The Balaban J connectivity index is 1.23. The third-order valence-corrected chi connectivity index (χ3v) is 5.87. The molecule has 1 aliphatic rings. The molecule has 3 heterocycles. The number of pyridine rings is 1. The minimum absolute atomic E-state index is 0.0609. The second-order valence-corrected chi connectivity index (χ2v) is 8.27. The van der Waals surface area contributed by atoms with Crippen molar-refractivity contribution in [2.75, 3.05) is 26.2 Å². The van der Waals surface area contributed by atoms with Crippen LogP contribution in [0.3, 0.4) is 0 Å². The molecule has 32 heavy (non-hydrogen) atoms. The van der Waals surface area contributed by atoms with Crippen molar-refractivity contribution in [1.82, 2.24) is 24.9 Å². The molecule has 1 amide bonds. The number of amides is 1. The molecule has 0 spiro atoms. The first kappa shape index (κ1) is 20.3. The van der Waals surface area contributed by atoms with Gasteiger partial charge >= 0.3 is 0 Å². The lowest BCUT2D eigenvalue weighted by Crippen LogP contribution is -2.48. The molecule has 0 bridgehead atoms. The lowest BCUT2D eigenvalue weighted by Gasteiger charge is -2.34. The van der Waals surface area contributed by atoms with E-state index < -0.39 is 0 Å². The summed E-state index contributed by atoms with van der Waals surface area (Å²) in [6.07, 6.45) is 0. The van der Waals surface area contributed by atoms with Gasteiger partial charge in [0.05, 0.1) is 17.6 Å². The van der Waals surface area contributed by atoms with Crippen LogP contribution in [0.25, 0.3) is 22.3 Å². The van der Waals surface area contributed by atoms with Crippen molar-refractivity contribution in [3.05, 3.63) is 77.3 Å². The van der Waals surface area contributed by atoms with Gasteiger partial charge < -0.3 is 9.42 Å². The minimum atomic E-state index is 0.0609. The fourth-order valence-corrected chi connectivity index (χ4v) is 4.09. The highest BCUT2D eigenvalue weighted by molar-refractivity contribution is 6.06. The summed E-state index contributed by atoms with van der Waals surface area (Å²) >= 11 is 0. The van der Waals surface area contributed by atoms with Gasteiger partial charge in [-0.1, -0.05) is 53.2 Å². The number of carbonyl (C=O) groups is 1. The normalized spacial score (nSPS) is 14.8. The average molecular weight is 428 g/mol. The molecule has 7 heteroatoms. The van der Waals surface area contributed by atoms with Crippen LogP contribution in [0.5, 0.6) is 0 Å². The van der Waals surface area contributed by atoms with Gasteiger partial charge in [-0.25, -0.2) is 0 Å². The number of benzene rings is 2. The van der Waals surface area contributed by atoms with Gasteiger partial charge in [0.2, 0.25) is 11.7 Å². The lowest BCUT2D eigenvalue weighted by molar-refractivity contribution is 0.0617. The van der Waals surface area contributed by atoms with Gasteiger partial charge in [-0.15, -0.1) is 0 Å². The standard InChI is InChI=1S/C25H25N5O2/c1-17-7-9-19(10-8-17)24-27-23(32-28-24)16-29-11-13-30(14-12-29)25(31)21-15-18(2)26-22-6-4-3-5-20(21)22/h3-10,15H,11-14,16H2,1-2H3. The van der Waals surface area contributed by atoms with Crippen LogP contribution in [0.4, 0.5) is 0 Å². The van der Waals surface area contributed by atoms with Crippen LogP contribution in [-0.2, 0) is 6.54 Å². The van der Waals surface area contributed by atoms with E-state index >= 15 is 0 Å². The fraction of sp³-hybridized carbons (Fsp3) is 0.280. The van der Waals surface area contributed by atoms with Gasteiger partial charge in [-0.3, -0.25) is 14.7 Å². The number of para-hydroxylation sites is 1. The van der Waals surface area contributed by atoms with Crippen LogP contribution in [0.2, 0.25) is 0 Å². The molecule has 2 aromatic carbocycles. The van der Waals surface area contributed by atoms with Gasteiger partial charge in [0.1, 0.15) is 0 Å². The summed E-state index contributed by atoms with van der Waals surface area (Å²) in [5, 5.41) is 5.02. The van der Waals surface area contributed by atoms with Crippen molar-refractivity contribution in [2.45, 2.75) is 20.4 Å². The van der Waals surface area contributed by atoms with Gasteiger partial charge in [0, 0.05) is 42.8 Å². The smallest absolute Gasteiger partial charge is 0.254 e. The summed E-state index contributed by atoms with van der Waals surface area (Å²) < 4.78 is 5.47. The van der Waals surface area contributed by atoms with E-state index in [4.69, 9.17) is 4.52 Å². The molecule has 0 N–H and O–H groups in total. The number of rotatable bonds is 4. The van der Waals surface area contributed by atoms with Crippen molar-refractivity contribution in [2.24, 2.45) is 0 Å². The zero-order valence-corrected chi connectivity index (χ0v) is 18.3. The van der Waals surface area contributed by atoms with Gasteiger partial charge in [-0.05, 0) is 26.0 Å². The largest absolute Gasteiger partial charge is 0.338 e. The highest BCUT2D eigenvalue weighted by atomic mass is 16.5. The predicted molar refractivity (Wildman–Crippen MR) is 122 cm³/mol. The Labute approximate surface area is 186 Å². The van der Waals surface area contributed by atoms with E-state index in [-0.39, 0.29) is 5.91 Å². The third kappa shape index (κ3) is 4.11. The van der Waals surface area contributed by atoms with E-state index in [0.29, 0.717) is 31.3 Å². The zero-order chi connectivity index (χ0) is 22.1. The van der Waals surface area contributed by atoms with Crippen molar-refractivity contribution in [3.63, 3.8) is 0 Å². The van der Waals surface area contributed by atoms with E-state index in [9.17, 15) is 4.79 Å². The maximum absolute atomic E-state index is 13.3. The van der Waals surface area contributed by atoms with E-state index in [1.807, 2.05) is 73.3 Å². The first-order valence-electron chi connectivity index (χ1n) is 10.8. The summed E-state index contributed by atoms with van der Waals surface area (Å²) in [4.78, 5) is 26.5. The van der Waals surface area contributed by atoms with Crippen LogP contribution < -0.4 is 0 Å². The third-order valence-electron chi connectivity index (χ3n) is 5.87. The SMILES string of the molecule is Cc1ccc(-c2noc(CN3CCN(C(=O)c4cc(C)nc5ccccc45)CC3)n2)cc1. The Morgan fingerprint density at radius 1 is 0.969 bits per heavy atom. The van der Waals surface area contributed by atoms with Gasteiger partial charge in [0.15, 0.2) is 0 Å². The topological polar surface area (TPSA) is 75.4 Å². The number of nitrogens with zero attached hydrogens (tertiary/aromatic N) is 5. The Hall–Kier alpha value is -3.58. The molecule has 1 saturated heterocycles. The quantitative estimate of drug-likeness (QED) is 0.492. The number of aromatic nitrogens is 3. The van der Waals surface area contributed by atoms with Gasteiger partial charge in [-0.2, -0.15) is 4.98 Å². The predicted octanol–water partition coefficient (Wildman–Crippen LogP) is 3.86. The Bertz CT molecular complexity index is 1260. The maximum Gasteiger partial charge on any atom is 0.254 e. The fourth-order valence-electron chi connectivity index (χ4n) is 4.09. The number of carbonyl (C=O) groups excluding carboxylic acids is 1. The maximum atomic E-state index is 13.3. The summed E-state index contributed by atoms with van der Waals surface area (Å²) in [5.41, 5.74) is 4.57. The van der Waals surface area contributed by atoms with Crippen molar-refractivity contribution in [1.29, 1.82) is 0 Å². The molecule has 2 aromatic heterocycles. The zero-order valence-electron chi connectivity index (χ0n) is 18.3. The second kappa shape index (κ2) is 8.51. The second-order valence-electron chi connectivity index (χ2n) is 8.27. The first-order chi connectivity index (χ1) is 15.6. The highest BCUT2D eigenvalue weighted by Crippen LogP contribution is 2.21. The molecule has 162 valence electrons. The van der Waals surface area contributed by atoms with Crippen LogP contribution in [0.15, 0.2) is 59.1 Å². The molecule has 0 aliphatic carbocycles. The number of piperazine rings is 1. The summed E-state index contributed by atoms with van der Waals surface area (Å²) in [5.74, 6) is 1.26. The molecular formula is C25H25N5O2. The molecule has 5 rings (SSSR count). The monoisotopic (exact) mass is 427 g/mol. The molecule has 4 aromatic rings. The van der Waals surface area contributed by atoms with E-state index in [1.54, 1.807) is 0 Å². The number of hydrogen-bond acceptors (Lipinski definition) is 6. The van der Waals surface area contributed by atoms with Crippen LogP contribution in [0.1, 0.15) is 27.5 Å². The van der Waals surface area contributed by atoms with Gasteiger partial charge in [0.25, 0.3) is 5.91 Å². The van der Waals surface area contributed by atoms with Crippen molar-refractivity contribution < 1.29 is 9.32 Å². The van der Waals surface area contributed by atoms with Crippen LogP contribution in [0, 0.1) is 13.8 Å². The number of aryl methyl sites for hydroxylation is 2. The molecule has 1 aliphatic heterocycles. The van der Waals surface area contributed by atoms with Crippen molar-refractivity contribution >= 4 is 16.8 Å². The molecule has 7 nitrogen and oxygen atoms in total. The highest BCUT2D eigenvalue weighted by Gasteiger charge is 2.25. The Kier molecular flexibility index (Phi) is 5.41. The first-order valence-corrected chi connectivity index (χ1v) is 10.8. The molecule has 1 fully saturated rings. The van der Waals surface area contributed by atoms with E-state index in [0.717, 1.165) is 40.8 Å². The summed E-state index contributed by atoms with van der Waals surface area (Å²) in [6, 6.07) is 17.8. The number of fused-ring (bicyclic) bond motifs is 1. The summed E-state index contributed by atoms with van der Waals surface area (Å²) in [6.45, 7) is 7.40. The van der Waals surface area contributed by atoms with E-state index in [2.05, 4.69) is 20.0 Å². The molecule has 0 unspecified atom stereocenters. The molecule has 0 radical (unpaired) electrons. The number of hydrogen-bond donors (Lipinski definition) is 0. The molecule has 0 atom stereocenters. The van der Waals surface area contributed by atoms with Crippen LogP contribution in [-0.4, -0.2) is 57.0 Å². The Morgan fingerprint density at radius 2 is 1.72 bits per heavy atom. The summed E-state index contributed by atoms with van der Waals surface area (Å²) in [7, 11) is 0. The molecule has 0 saturated carbocycles. The van der Waals surface area contributed by atoms with Crippen molar-refractivity contribution in [3.8, 4) is 11.4 Å². The van der Waals surface area contributed by atoms with E-state index in [1.165, 1.54) is 5.56 Å². The molecular weight excluding hydrogens is 402 g/mol. The lowest BCUT2D eigenvalue weighted by atomic mass is 10.1. The Morgan fingerprint density at radius 3 is 2.50 bits per heavy atom. The minimum Gasteiger partial charge on any atom is -0.338 e. The average Bonchev–Trinajstić information content (AvgIpc) is 3.27. The van der Waals surface area contributed by atoms with Crippen LogP contribution >= 0.6 is 0 Å².